The molecule has 0 spiro atoms. The fourth-order valence-electron chi connectivity index (χ4n) is 3.20. The molecule has 0 aliphatic heterocycles. The third-order valence-corrected chi connectivity index (χ3v) is 5.88. The summed E-state index contributed by atoms with van der Waals surface area (Å²) in [6.45, 7) is 1.87. The lowest BCUT2D eigenvalue weighted by atomic mass is 10.0. The quantitative estimate of drug-likeness (QED) is 0.241. The number of anilines is 1. The van der Waals surface area contributed by atoms with E-state index in [4.69, 9.17) is 9.92 Å². The Labute approximate surface area is 179 Å². The molecule has 0 atom stereocenters. The summed E-state index contributed by atoms with van der Waals surface area (Å²) in [4.78, 5) is -0.138. The van der Waals surface area contributed by atoms with Gasteiger partial charge in [-0.25, -0.2) is 0 Å². The van der Waals surface area contributed by atoms with E-state index in [1.807, 2.05) is 13.0 Å². The van der Waals surface area contributed by atoms with Crippen molar-refractivity contribution in [2.75, 3.05) is 5.73 Å². The van der Waals surface area contributed by atoms with Gasteiger partial charge in [0.1, 0.15) is 27.8 Å². The Morgan fingerprint density at radius 3 is 2.39 bits per heavy atom. The monoisotopic (exact) mass is 433 g/mol. The number of benzene rings is 4. The Balaban J connectivity index is 1.78. The second-order valence-corrected chi connectivity index (χ2v) is 8.42. The number of hydrogen-bond acceptors (Lipinski definition) is 7. The molecule has 0 bridgehead atoms. The Hall–Kier alpha value is -3.91. The van der Waals surface area contributed by atoms with Crippen LogP contribution in [0.3, 0.4) is 0 Å². The first-order valence-corrected chi connectivity index (χ1v) is 10.8. The van der Waals surface area contributed by atoms with Gasteiger partial charge in [-0.3, -0.25) is 0 Å². The number of azo groups is 1. The van der Waals surface area contributed by atoms with E-state index < -0.39 is 10.1 Å². The minimum Gasteiger partial charge on any atom is -0.507 e. The summed E-state index contributed by atoms with van der Waals surface area (Å²) >= 11 is 0. The molecule has 0 saturated heterocycles. The van der Waals surface area contributed by atoms with Crippen molar-refractivity contribution in [1.29, 1.82) is 0 Å². The number of nitrogens with zero attached hydrogens (tertiary/aromatic N) is 2. The van der Waals surface area contributed by atoms with Crippen molar-refractivity contribution in [3.8, 4) is 11.5 Å². The van der Waals surface area contributed by atoms with Gasteiger partial charge >= 0.3 is 10.1 Å². The van der Waals surface area contributed by atoms with Crippen molar-refractivity contribution >= 4 is 38.0 Å². The zero-order valence-corrected chi connectivity index (χ0v) is 17.4. The molecule has 7 nitrogen and oxygen atoms in total. The van der Waals surface area contributed by atoms with Crippen molar-refractivity contribution < 1.29 is 17.7 Å². The van der Waals surface area contributed by atoms with Crippen molar-refractivity contribution in [2.45, 2.75) is 11.8 Å². The van der Waals surface area contributed by atoms with Crippen LogP contribution < -0.4 is 9.92 Å². The molecule has 4 aromatic carbocycles. The Kier molecular flexibility index (Phi) is 5.31. The van der Waals surface area contributed by atoms with E-state index in [2.05, 4.69) is 10.2 Å². The van der Waals surface area contributed by atoms with Gasteiger partial charge in [0, 0.05) is 0 Å². The summed E-state index contributed by atoms with van der Waals surface area (Å²) in [5.74, 6) is 0.206. The predicted molar refractivity (Wildman–Crippen MR) is 120 cm³/mol. The maximum absolute atomic E-state index is 12.8. The molecule has 0 aliphatic carbocycles. The third-order valence-electron chi connectivity index (χ3n) is 4.59. The Bertz CT molecular complexity index is 1400. The number of aromatic hydroxyl groups is 1. The number of phenolic OH excluding ortho intramolecular Hbond substituents is 1. The fraction of sp³-hybridized carbons (Fsp3) is 0.0435. The van der Waals surface area contributed by atoms with Crippen molar-refractivity contribution in [2.24, 2.45) is 10.2 Å². The molecule has 0 radical (unpaired) electrons. The first kappa shape index (κ1) is 20.4. The summed E-state index contributed by atoms with van der Waals surface area (Å²) in [7, 11) is -4.15. The molecule has 0 aliphatic rings. The van der Waals surface area contributed by atoms with Gasteiger partial charge in [0.25, 0.3) is 0 Å². The first-order valence-electron chi connectivity index (χ1n) is 9.37. The van der Waals surface area contributed by atoms with E-state index in [1.54, 1.807) is 60.7 Å². The van der Waals surface area contributed by atoms with E-state index in [9.17, 15) is 13.5 Å². The SMILES string of the molecule is Cc1cc(O)c2c(N=Nc3ccccc3S(=O)(=O)Oc3ccccc3)c(N)ccc2c1. The molecule has 4 rings (SSSR count). The average molecular weight is 433 g/mol. The minimum absolute atomic E-state index is 0.0181. The highest BCUT2D eigenvalue weighted by molar-refractivity contribution is 7.87. The van der Waals surface area contributed by atoms with Crippen molar-refractivity contribution in [1.82, 2.24) is 0 Å². The van der Waals surface area contributed by atoms with Crippen LogP contribution in [0.25, 0.3) is 10.8 Å². The van der Waals surface area contributed by atoms with Gasteiger partial charge in [-0.1, -0.05) is 42.5 Å². The van der Waals surface area contributed by atoms with Gasteiger partial charge in [-0.15, -0.1) is 10.2 Å². The topological polar surface area (TPSA) is 114 Å². The molecule has 0 aromatic heterocycles. The lowest BCUT2D eigenvalue weighted by Gasteiger charge is -2.10. The highest BCUT2D eigenvalue weighted by atomic mass is 32.2. The molecule has 0 amide bonds. The largest absolute Gasteiger partial charge is 0.507 e. The maximum atomic E-state index is 12.8. The summed E-state index contributed by atoms with van der Waals surface area (Å²) < 4.78 is 30.8. The predicted octanol–water partition coefficient (Wildman–Crippen LogP) is 5.62. The zero-order valence-electron chi connectivity index (χ0n) is 16.6. The highest BCUT2D eigenvalue weighted by Gasteiger charge is 2.21. The number of rotatable bonds is 5. The lowest BCUT2D eigenvalue weighted by molar-refractivity contribution is 0.481. The second kappa shape index (κ2) is 8.08. The van der Waals surface area contributed by atoms with Crippen LogP contribution in [0.5, 0.6) is 11.5 Å². The number of fused-ring (bicyclic) bond motifs is 1. The molecule has 31 heavy (non-hydrogen) atoms. The Morgan fingerprint density at radius 2 is 1.61 bits per heavy atom. The minimum atomic E-state index is -4.15. The summed E-state index contributed by atoms with van der Waals surface area (Å²) in [5, 5.41) is 19.9. The number of aryl methyl sites for hydroxylation is 1. The summed E-state index contributed by atoms with van der Waals surface area (Å²) in [6, 6.07) is 21.2. The number of hydrogen-bond donors (Lipinski definition) is 2. The molecule has 0 heterocycles. The normalized spacial score (nSPS) is 11.8. The molecule has 3 N–H and O–H groups in total. The molecule has 4 aromatic rings. The van der Waals surface area contributed by atoms with Crippen molar-refractivity contribution in [3.05, 3.63) is 84.4 Å². The van der Waals surface area contributed by atoms with Crippen LogP contribution in [0.15, 0.2) is 94.0 Å². The number of phenols is 1. The van der Waals surface area contributed by atoms with Crippen LogP contribution in [0.4, 0.5) is 17.1 Å². The molecule has 0 saturated carbocycles. The molecule has 0 fully saturated rings. The van der Waals surface area contributed by atoms with E-state index in [0.29, 0.717) is 11.1 Å². The molecular weight excluding hydrogens is 414 g/mol. The lowest BCUT2D eigenvalue weighted by Crippen LogP contribution is -2.09. The van der Waals surface area contributed by atoms with Crippen molar-refractivity contribution in [3.63, 3.8) is 0 Å². The van der Waals surface area contributed by atoms with Crippen LogP contribution in [0.2, 0.25) is 0 Å². The van der Waals surface area contributed by atoms with E-state index in [0.717, 1.165) is 10.9 Å². The molecular formula is C23H19N3O4S. The zero-order chi connectivity index (χ0) is 22.0. The first-order chi connectivity index (χ1) is 14.8. The molecule has 0 unspecified atom stereocenters. The van der Waals surface area contributed by atoms with Crippen LogP contribution in [-0.2, 0) is 10.1 Å². The summed E-state index contributed by atoms with van der Waals surface area (Å²) in [6.07, 6.45) is 0. The number of nitrogen functional groups attached to an aromatic ring is 1. The van der Waals surface area contributed by atoms with Crippen LogP contribution in [0, 0.1) is 6.92 Å². The van der Waals surface area contributed by atoms with Gasteiger partial charge < -0.3 is 15.0 Å². The van der Waals surface area contributed by atoms with Gasteiger partial charge in [-0.2, -0.15) is 8.42 Å². The van der Waals surface area contributed by atoms with Crippen LogP contribution in [0.1, 0.15) is 5.56 Å². The van der Waals surface area contributed by atoms with Crippen LogP contribution >= 0.6 is 0 Å². The highest BCUT2D eigenvalue weighted by Crippen LogP contribution is 2.40. The number of nitrogens with two attached hydrogens (primary N) is 1. The Morgan fingerprint density at radius 1 is 0.903 bits per heavy atom. The van der Waals surface area contributed by atoms with Gasteiger partial charge in [0.15, 0.2) is 0 Å². The molecule has 8 heteroatoms. The summed E-state index contributed by atoms with van der Waals surface area (Å²) in [5.41, 5.74) is 7.60. The van der Waals surface area contributed by atoms with Gasteiger partial charge in [0.2, 0.25) is 0 Å². The van der Waals surface area contributed by atoms with E-state index >= 15 is 0 Å². The molecule has 156 valence electrons. The van der Waals surface area contributed by atoms with Gasteiger partial charge in [0.05, 0.1) is 11.1 Å². The van der Waals surface area contributed by atoms with Gasteiger partial charge in [-0.05, 0) is 54.3 Å². The number of para-hydroxylation sites is 1. The fourth-order valence-corrected chi connectivity index (χ4v) is 4.26. The van der Waals surface area contributed by atoms with E-state index in [1.165, 1.54) is 12.1 Å². The standard InChI is InChI=1S/C23H19N3O4S/c1-15-13-16-11-12-18(24)23(22(16)20(27)14-15)26-25-19-9-5-6-10-21(19)31(28,29)30-17-7-3-2-4-8-17/h2-14,27H,24H2,1H3. The van der Waals surface area contributed by atoms with E-state index in [-0.39, 0.29) is 27.8 Å². The smallest absolute Gasteiger partial charge is 0.341 e. The second-order valence-electron chi connectivity index (χ2n) is 6.90. The maximum Gasteiger partial charge on any atom is 0.341 e. The average Bonchev–Trinajstić information content (AvgIpc) is 2.74. The van der Waals surface area contributed by atoms with Crippen LogP contribution in [-0.4, -0.2) is 13.5 Å². The third kappa shape index (κ3) is 4.19.